The van der Waals surface area contributed by atoms with Gasteiger partial charge in [0.25, 0.3) is 0 Å². The zero-order valence-electron chi connectivity index (χ0n) is 11.5. The van der Waals surface area contributed by atoms with Crippen LogP contribution in [0.2, 0.25) is 0 Å². The Kier molecular flexibility index (Phi) is 4.37. The third-order valence-corrected chi connectivity index (χ3v) is 3.88. The van der Waals surface area contributed by atoms with E-state index in [0.717, 1.165) is 31.5 Å². The monoisotopic (exact) mass is 263 g/mol. The second-order valence-corrected chi connectivity index (χ2v) is 4.92. The third-order valence-electron chi connectivity index (χ3n) is 3.88. The number of carbonyl (C=O) groups excluding carboxylic acids is 1. The number of methoxy groups -OCH3 is 1. The number of carbonyl (C=O) groups is 1. The van der Waals surface area contributed by atoms with E-state index in [1.807, 2.05) is 12.1 Å². The van der Waals surface area contributed by atoms with Crippen LogP contribution in [0.25, 0.3) is 0 Å². The third kappa shape index (κ3) is 2.87. The Morgan fingerprint density at radius 1 is 1.63 bits per heavy atom. The maximum Gasteiger partial charge on any atom is 0.227 e. The van der Waals surface area contributed by atoms with Crippen molar-refractivity contribution >= 4 is 5.91 Å². The van der Waals surface area contributed by atoms with Crippen molar-refractivity contribution in [2.24, 2.45) is 5.41 Å². The van der Waals surface area contributed by atoms with Gasteiger partial charge in [-0.25, -0.2) is 4.98 Å². The number of ether oxygens (including phenoxy) is 1. The summed E-state index contributed by atoms with van der Waals surface area (Å²) in [4.78, 5) is 16.5. The number of nitrogens with zero attached hydrogens (tertiary/aromatic N) is 1. The topological polar surface area (TPSA) is 63.2 Å². The van der Waals surface area contributed by atoms with Crippen LogP contribution in [0.5, 0.6) is 5.88 Å². The molecule has 0 bridgehead atoms. The normalized spacial score (nSPS) is 22.2. The molecule has 0 saturated carbocycles. The lowest BCUT2D eigenvalue weighted by Crippen LogP contribution is -2.41. The molecule has 104 valence electrons. The molecule has 1 aromatic heterocycles. The first-order chi connectivity index (χ1) is 9.22. The highest BCUT2D eigenvalue weighted by atomic mass is 16.5. The molecule has 2 heterocycles. The first kappa shape index (κ1) is 13.8. The summed E-state index contributed by atoms with van der Waals surface area (Å²) < 4.78 is 5.18. The van der Waals surface area contributed by atoms with E-state index in [0.29, 0.717) is 12.4 Å². The average molecular weight is 263 g/mol. The quantitative estimate of drug-likeness (QED) is 0.835. The predicted molar refractivity (Wildman–Crippen MR) is 72.8 cm³/mol. The molecule has 5 nitrogen and oxygen atoms in total. The fraction of sp³-hybridized carbons (Fsp3) is 0.571. The van der Waals surface area contributed by atoms with E-state index in [2.05, 4.69) is 22.5 Å². The molecule has 0 spiro atoms. The Morgan fingerprint density at radius 3 is 3.11 bits per heavy atom. The van der Waals surface area contributed by atoms with Gasteiger partial charge in [-0.15, -0.1) is 0 Å². The summed E-state index contributed by atoms with van der Waals surface area (Å²) in [5, 5.41) is 6.28. The largest absolute Gasteiger partial charge is 0.481 e. The van der Waals surface area contributed by atoms with Crippen LogP contribution in [-0.4, -0.2) is 31.1 Å². The van der Waals surface area contributed by atoms with Crippen molar-refractivity contribution in [1.82, 2.24) is 15.6 Å². The molecule has 2 rings (SSSR count). The first-order valence-corrected chi connectivity index (χ1v) is 6.69. The Morgan fingerprint density at radius 2 is 2.47 bits per heavy atom. The highest BCUT2D eigenvalue weighted by Crippen LogP contribution is 2.29. The van der Waals surface area contributed by atoms with Gasteiger partial charge >= 0.3 is 0 Å². The number of rotatable bonds is 5. The Balaban J connectivity index is 2.00. The molecule has 1 saturated heterocycles. The molecule has 0 aromatic carbocycles. The SMILES string of the molecule is CCC1(C(=O)NCc2cccnc2OC)CCNC1. The number of aromatic nitrogens is 1. The fourth-order valence-corrected chi connectivity index (χ4v) is 2.51. The Hall–Kier alpha value is -1.62. The van der Waals surface area contributed by atoms with E-state index >= 15 is 0 Å². The van der Waals surface area contributed by atoms with E-state index in [1.165, 1.54) is 0 Å². The lowest BCUT2D eigenvalue weighted by Gasteiger charge is -2.25. The van der Waals surface area contributed by atoms with Gasteiger partial charge in [0.05, 0.1) is 12.5 Å². The number of nitrogens with one attached hydrogen (secondary N) is 2. The van der Waals surface area contributed by atoms with Gasteiger partial charge in [-0.3, -0.25) is 4.79 Å². The molecular weight excluding hydrogens is 242 g/mol. The lowest BCUT2D eigenvalue weighted by atomic mass is 9.83. The molecule has 1 amide bonds. The second kappa shape index (κ2) is 6.02. The maximum absolute atomic E-state index is 12.4. The minimum absolute atomic E-state index is 0.117. The summed E-state index contributed by atoms with van der Waals surface area (Å²) in [6.07, 6.45) is 3.44. The molecule has 1 aliphatic rings. The number of amides is 1. The lowest BCUT2D eigenvalue weighted by molar-refractivity contribution is -0.130. The van der Waals surface area contributed by atoms with Crippen molar-refractivity contribution in [3.05, 3.63) is 23.9 Å². The molecule has 1 atom stereocenters. The molecule has 1 unspecified atom stereocenters. The van der Waals surface area contributed by atoms with Gasteiger partial charge in [0, 0.05) is 24.8 Å². The van der Waals surface area contributed by atoms with Crippen molar-refractivity contribution in [3.8, 4) is 5.88 Å². The van der Waals surface area contributed by atoms with Crippen LogP contribution in [0.4, 0.5) is 0 Å². The van der Waals surface area contributed by atoms with Gasteiger partial charge < -0.3 is 15.4 Å². The summed E-state index contributed by atoms with van der Waals surface area (Å²) in [6.45, 7) is 4.20. The summed E-state index contributed by atoms with van der Waals surface area (Å²) in [6, 6.07) is 3.76. The highest BCUT2D eigenvalue weighted by molar-refractivity contribution is 5.83. The van der Waals surface area contributed by atoms with Gasteiger partial charge in [0.15, 0.2) is 0 Å². The standard InChI is InChI=1S/C14H21N3O2/c1-3-14(6-8-15-10-14)13(18)17-9-11-5-4-7-16-12(11)19-2/h4-5,7,15H,3,6,8-10H2,1-2H3,(H,17,18). The molecule has 19 heavy (non-hydrogen) atoms. The zero-order valence-corrected chi connectivity index (χ0v) is 11.5. The van der Waals surface area contributed by atoms with E-state index in [9.17, 15) is 4.79 Å². The molecule has 0 aliphatic carbocycles. The van der Waals surface area contributed by atoms with Crippen LogP contribution in [0.15, 0.2) is 18.3 Å². The van der Waals surface area contributed by atoms with Crippen LogP contribution >= 0.6 is 0 Å². The number of hydrogen-bond acceptors (Lipinski definition) is 4. The van der Waals surface area contributed by atoms with Crippen LogP contribution < -0.4 is 15.4 Å². The maximum atomic E-state index is 12.4. The summed E-state index contributed by atoms with van der Waals surface area (Å²) in [7, 11) is 1.59. The van der Waals surface area contributed by atoms with E-state index in [1.54, 1.807) is 13.3 Å². The van der Waals surface area contributed by atoms with Gasteiger partial charge in [0.1, 0.15) is 0 Å². The molecule has 0 radical (unpaired) electrons. The molecule has 2 N–H and O–H groups in total. The Labute approximate surface area is 113 Å². The van der Waals surface area contributed by atoms with Gasteiger partial charge in [0.2, 0.25) is 11.8 Å². The van der Waals surface area contributed by atoms with Crippen LogP contribution in [0, 0.1) is 5.41 Å². The molecular formula is C14H21N3O2. The average Bonchev–Trinajstić information content (AvgIpc) is 2.95. The minimum Gasteiger partial charge on any atom is -0.481 e. The van der Waals surface area contributed by atoms with Gasteiger partial charge in [-0.05, 0) is 25.5 Å². The van der Waals surface area contributed by atoms with Crippen molar-refractivity contribution in [2.75, 3.05) is 20.2 Å². The first-order valence-electron chi connectivity index (χ1n) is 6.69. The van der Waals surface area contributed by atoms with Gasteiger partial charge in [-0.2, -0.15) is 0 Å². The van der Waals surface area contributed by atoms with E-state index in [4.69, 9.17) is 4.74 Å². The van der Waals surface area contributed by atoms with Crippen molar-refractivity contribution in [1.29, 1.82) is 0 Å². The van der Waals surface area contributed by atoms with Crippen molar-refractivity contribution in [3.63, 3.8) is 0 Å². The van der Waals surface area contributed by atoms with Crippen molar-refractivity contribution < 1.29 is 9.53 Å². The fourth-order valence-electron chi connectivity index (χ4n) is 2.51. The predicted octanol–water partition coefficient (Wildman–Crippen LogP) is 1.10. The second-order valence-electron chi connectivity index (χ2n) is 4.92. The number of hydrogen-bond donors (Lipinski definition) is 2. The number of pyridine rings is 1. The van der Waals surface area contributed by atoms with Crippen LogP contribution in [0.1, 0.15) is 25.3 Å². The molecule has 1 aromatic rings. The summed E-state index contributed by atoms with van der Waals surface area (Å²) in [5.74, 6) is 0.684. The Bertz CT molecular complexity index is 442. The summed E-state index contributed by atoms with van der Waals surface area (Å²) in [5.41, 5.74) is 0.644. The van der Waals surface area contributed by atoms with E-state index < -0.39 is 0 Å². The summed E-state index contributed by atoms with van der Waals surface area (Å²) >= 11 is 0. The molecule has 1 fully saturated rings. The highest BCUT2D eigenvalue weighted by Gasteiger charge is 2.39. The van der Waals surface area contributed by atoms with E-state index in [-0.39, 0.29) is 11.3 Å². The van der Waals surface area contributed by atoms with Crippen LogP contribution in [0.3, 0.4) is 0 Å². The minimum atomic E-state index is -0.255. The zero-order chi connectivity index (χ0) is 13.7. The van der Waals surface area contributed by atoms with Gasteiger partial charge in [-0.1, -0.05) is 13.0 Å². The van der Waals surface area contributed by atoms with Crippen LogP contribution in [-0.2, 0) is 11.3 Å². The molecule has 5 heteroatoms. The molecule has 1 aliphatic heterocycles. The van der Waals surface area contributed by atoms with Crippen molar-refractivity contribution in [2.45, 2.75) is 26.3 Å². The smallest absolute Gasteiger partial charge is 0.227 e.